The van der Waals surface area contributed by atoms with Crippen LogP contribution in [0.5, 0.6) is 11.5 Å². The van der Waals surface area contributed by atoms with Crippen LogP contribution in [0, 0.1) is 13.8 Å². The van der Waals surface area contributed by atoms with Crippen molar-refractivity contribution in [3.63, 3.8) is 0 Å². The zero-order valence-electron chi connectivity index (χ0n) is 21.6. The second-order valence-corrected chi connectivity index (χ2v) is 10.8. The van der Waals surface area contributed by atoms with Crippen molar-refractivity contribution >= 4 is 38.9 Å². The summed E-state index contributed by atoms with van der Waals surface area (Å²) in [5, 5.41) is 4.24. The van der Waals surface area contributed by atoms with Gasteiger partial charge in [0, 0.05) is 33.4 Å². The molecule has 3 heterocycles. The molecule has 2 atom stereocenters. The van der Waals surface area contributed by atoms with E-state index in [1.807, 2.05) is 60.8 Å². The van der Waals surface area contributed by atoms with E-state index in [1.165, 1.54) is 11.3 Å². The number of rotatable bonds is 6. The van der Waals surface area contributed by atoms with Gasteiger partial charge in [-0.3, -0.25) is 4.98 Å². The predicted octanol–water partition coefficient (Wildman–Crippen LogP) is 8.22. The number of aryl methyl sites for hydroxylation is 1. The molecule has 1 saturated heterocycles. The second-order valence-electron chi connectivity index (χ2n) is 9.54. The lowest BCUT2D eigenvalue weighted by Crippen LogP contribution is -2.29. The fourth-order valence-corrected chi connectivity index (χ4v) is 5.93. The summed E-state index contributed by atoms with van der Waals surface area (Å²) in [7, 11) is 0. The van der Waals surface area contributed by atoms with Gasteiger partial charge in [0.25, 0.3) is 0 Å². The Morgan fingerprint density at radius 2 is 1.49 bits per heavy atom. The molecule has 0 unspecified atom stereocenters. The molecule has 1 N–H and O–H groups in total. The number of para-hydroxylation sites is 1. The summed E-state index contributed by atoms with van der Waals surface area (Å²) in [6.07, 6.45) is 1.83. The normalized spacial score (nSPS) is 16.8. The Morgan fingerprint density at radius 1 is 0.821 bits per heavy atom. The van der Waals surface area contributed by atoms with Gasteiger partial charge in [0.1, 0.15) is 11.5 Å². The first kappa shape index (κ1) is 25.3. The number of benzene rings is 3. The quantitative estimate of drug-likeness (QED) is 0.201. The smallest absolute Gasteiger partial charge is 0.174 e. The summed E-state index contributed by atoms with van der Waals surface area (Å²) in [5.41, 5.74) is 6.59. The van der Waals surface area contributed by atoms with Crippen molar-refractivity contribution in [3.05, 3.63) is 136 Å². The Hall–Kier alpha value is -3.94. The van der Waals surface area contributed by atoms with E-state index in [4.69, 9.17) is 21.9 Å². The van der Waals surface area contributed by atoms with Crippen LogP contribution >= 0.6 is 28.1 Å². The molecule has 0 bridgehead atoms. The van der Waals surface area contributed by atoms with Gasteiger partial charge in [-0.25, -0.2) is 0 Å². The summed E-state index contributed by atoms with van der Waals surface area (Å²) in [4.78, 5) is 6.91. The van der Waals surface area contributed by atoms with E-state index < -0.39 is 0 Å². The number of hydrogen-bond acceptors (Lipinski definition) is 3. The SMILES string of the molecule is Cc1cc([C@@H]2[C@H](c3ccccn3)NC(=S)N2c2ccc(Oc3ccccc3)cc2)c(C)n1-c1ccc(Br)cc1. The maximum absolute atomic E-state index is 6.04. The molecule has 0 saturated carbocycles. The Labute approximate surface area is 242 Å². The molecule has 0 spiro atoms. The second kappa shape index (κ2) is 10.7. The molecular weight excluding hydrogens is 568 g/mol. The van der Waals surface area contributed by atoms with Crippen molar-refractivity contribution in [1.29, 1.82) is 0 Å². The van der Waals surface area contributed by atoms with Gasteiger partial charge in [0.15, 0.2) is 5.11 Å². The van der Waals surface area contributed by atoms with E-state index in [1.54, 1.807) is 0 Å². The largest absolute Gasteiger partial charge is 0.457 e. The van der Waals surface area contributed by atoms with Crippen molar-refractivity contribution in [2.45, 2.75) is 25.9 Å². The third-order valence-corrected chi connectivity index (χ3v) is 7.91. The zero-order chi connectivity index (χ0) is 26.9. The molecule has 0 radical (unpaired) electrons. The summed E-state index contributed by atoms with van der Waals surface area (Å²) >= 11 is 9.51. The summed E-state index contributed by atoms with van der Waals surface area (Å²) in [6, 6.07) is 34.4. The number of anilines is 1. The van der Waals surface area contributed by atoms with Gasteiger partial charge >= 0.3 is 0 Å². The minimum absolute atomic E-state index is 0.0938. The fraction of sp³-hybridized carbons (Fsp3) is 0.125. The number of nitrogens with zero attached hydrogens (tertiary/aromatic N) is 3. The first-order valence-corrected chi connectivity index (χ1v) is 14.0. The zero-order valence-corrected chi connectivity index (χ0v) is 24.0. The van der Waals surface area contributed by atoms with Crippen molar-refractivity contribution in [3.8, 4) is 17.2 Å². The molecule has 5 nitrogen and oxygen atoms in total. The number of ether oxygens (including phenoxy) is 1. The van der Waals surface area contributed by atoms with Gasteiger partial charge in [0.05, 0.1) is 17.8 Å². The Bertz CT molecular complexity index is 1600. The lowest BCUT2D eigenvalue weighted by Gasteiger charge is -2.28. The van der Waals surface area contributed by atoms with E-state index in [0.717, 1.165) is 38.7 Å². The topological polar surface area (TPSA) is 42.3 Å². The van der Waals surface area contributed by atoms with Crippen LogP contribution in [0.3, 0.4) is 0 Å². The maximum atomic E-state index is 6.04. The van der Waals surface area contributed by atoms with E-state index >= 15 is 0 Å². The van der Waals surface area contributed by atoms with Crippen molar-refractivity contribution in [2.75, 3.05) is 4.90 Å². The molecule has 2 aromatic heterocycles. The van der Waals surface area contributed by atoms with Gasteiger partial charge in [-0.05, 0) is 110 Å². The Kier molecular flexibility index (Phi) is 6.94. The molecule has 3 aromatic carbocycles. The summed E-state index contributed by atoms with van der Waals surface area (Å²) in [6.45, 7) is 4.32. The van der Waals surface area contributed by atoms with Gasteiger partial charge in [-0.1, -0.05) is 40.2 Å². The molecule has 39 heavy (non-hydrogen) atoms. The minimum atomic E-state index is -0.113. The van der Waals surface area contributed by atoms with E-state index in [2.05, 4.69) is 93.1 Å². The average molecular weight is 596 g/mol. The monoisotopic (exact) mass is 594 g/mol. The Morgan fingerprint density at radius 3 is 2.18 bits per heavy atom. The van der Waals surface area contributed by atoms with Crippen molar-refractivity contribution < 1.29 is 4.74 Å². The first-order chi connectivity index (χ1) is 19.0. The molecule has 7 heteroatoms. The van der Waals surface area contributed by atoms with E-state index in [-0.39, 0.29) is 12.1 Å². The van der Waals surface area contributed by atoms with Gasteiger partial charge in [-0.15, -0.1) is 0 Å². The van der Waals surface area contributed by atoms with Crippen LogP contribution in [0.25, 0.3) is 5.69 Å². The number of thiocarbonyl (C=S) groups is 1. The third-order valence-electron chi connectivity index (χ3n) is 7.07. The molecule has 1 aliphatic rings. The van der Waals surface area contributed by atoms with Crippen LogP contribution in [0.2, 0.25) is 0 Å². The highest BCUT2D eigenvalue weighted by atomic mass is 79.9. The van der Waals surface area contributed by atoms with Gasteiger partial charge in [-0.2, -0.15) is 0 Å². The molecule has 1 fully saturated rings. The van der Waals surface area contributed by atoms with Crippen LogP contribution in [0.15, 0.2) is 114 Å². The summed E-state index contributed by atoms with van der Waals surface area (Å²) < 4.78 is 9.39. The summed E-state index contributed by atoms with van der Waals surface area (Å²) in [5.74, 6) is 1.58. The van der Waals surface area contributed by atoms with Crippen LogP contribution < -0.4 is 15.0 Å². The van der Waals surface area contributed by atoms with Crippen molar-refractivity contribution in [2.24, 2.45) is 0 Å². The fourth-order valence-electron chi connectivity index (χ4n) is 5.32. The number of pyridine rings is 1. The molecule has 1 aliphatic heterocycles. The highest BCUT2D eigenvalue weighted by Gasteiger charge is 2.42. The minimum Gasteiger partial charge on any atom is -0.457 e. The molecule has 6 rings (SSSR count). The lowest BCUT2D eigenvalue weighted by molar-refractivity contribution is 0.482. The predicted molar refractivity (Wildman–Crippen MR) is 164 cm³/mol. The van der Waals surface area contributed by atoms with Crippen LogP contribution in [0.1, 0.15) is 34.7 Å². The Balaban J connectivity index is 1.41. The van der Waals surface area contributed by atoms with Crippen LogP contribution in [0.4, 0.5) is 5.69 Å². The number of hydrogen-bond donors (Lipinski definition) is 1. The standard InChI is InChI=1S/C32H27BrN4OS/c1-21-20-28(22(2)36(21)24-13-11-23(33)12-14-24)31-30(29-10-6-7-19-34-29)35-32(39)37(31)25-15-17-27(18-16-25)38-26-8-4-3-5-9-26/h3-20,30-31H,1-2H3,(H,35,39)/t30-,31+/m0/s1. The van der Waals surface area contributed by atoms with Gasteiger partial charge < -0.3 is 19.5 Å². The van der Waals surface area contributed by atoms with Crippen LogP contribution in [-0.4, -0.2) is 14.7 Å². The molecule has 0 amide bonds. The van der Waals surface area contributed by atoms with Crippen molar-refractivity contribution in [1.82, 2.24) is 14.9 Å². The highest BCUT2D eigenvalue weighted by Crippen LogP contribution is 2.44. The number of halogens is 1. The van der Waals surface area contributed by atoms with E-state index in [9.17, 15) is 0 Å². The van der Waals surface area contributed by atoms with Gasteiger partial charge in [0.2, 0.25) is 0 Å². The molecular formula is C32H27BrN4OS. The van der Waals surface area contributed by atoms with Crippen LogP contribution in [-0.2, 0) is 0 Å². The van der Waals surface area contributed by atoms with E-state index in [0.29, 0.717) is 5.11 Å². The molecule has 194 valence electrons. The highest BCUT2D eigenvalue weighted by molar-refractivity contribution is 9.10. The molecule has 5 aromatic rings. The third kappa shape index (κ3) is 4.95. The molecule has 0 aliphatic carbocycles. The maximum Gasteiger partial charge on any atom is 0.174 e. The number of aromatic nitrogens is 2. The number of nitrogens with one attached hydrogen (secondary N) is 1. The average Bonchev–Trinajstić information content (AvgIpc) is 3.45. The lowest BCUT2D eigenvalue weighted by atomic mass is 9.96. The first-order valence-electron chi connectivity index (χ1n) is 12.8.